The lowest BCUT2D eigenvalue weighted by Gasteiger charge is -2.38. The van der Waals surface area contributed by atoms with Crippen molar-refractivity contribution in [1.82, 2.24) is 0 Å². The van der Waals surface area contributed by atoms with E-state index in [0.717, 1.165) is 39.9 Å². The van der Waals surface area contributed by atoms with Crippen LogP contribution in [-0.2, 0) is 10.2 Å². The minimum absolute atomic E-state index is 0.0627. The number of benzene rings is 4. The summed E-state index contributed by atoms with van der Waals surface area (Å²) in [6.07, 6.45) is 0.799. The summed E-state index contributed by atoms with van der Waals surface area (Å²) in [5, 5.41) is 15.0. The predicted molar refractivity (Wildman–Crippen MR) is 146 cm³/mol. The molecule has 2 aliphatic heterocycles. The van der Waals surface area contributed by atoms with Crippen molar-refractivity contribution in [3.05, 3.63) is 147 Å². The van der Waals surface area contributed by atoms with Crippen molar-refractivity contribution in [3.8, 4) is 0 Å². The van der Waals surface area contributed by atoms with Crippen LogP contribution in [0.4, 0.5) is 11.4 Å². The van der Waals surface area contributed by atoms with Gasteiger partial charge in [-0.3, -0.25) is 10.1 Å². The molecule has 2 heterocycles. The fraction of sp³-hybridized carbons (Fsp3) is 0.156. The number of nitro groups is 1. The van der Waals surface area contributed by atoms with Gasteiger partial charge >= 0.3 is 0 Å². The second-order valence-corrected chi connectivity index (χ2v) is 9.62. The van der Waals surface area contributed by atoms with Gasteiger partial charge in [0.15, 0.2) is 0 Å². The van der Waals surface area contributed by atoms with Crippen LogP contribution >= 0.6 is 0 Å². The molecule has 182 valence electrons. The van der Waals surface area contributed by atoms with Crippen LogP contribution in [0.25, 0.3) is 11.1 Å². The van der Waals surface area contributed by atoms with Crippen molar-refractivity contribution in [2.45, 2.75) is 24.5 Å². The Morgan fingerprint density at radius 1 is 0.838 bits per heavy atom. The summed E-state index contributed by atoms with van der Waals surface area (Å²) < 4.78 is 6.43. The van der Waals surface area contributed by atoms with E-state index in [0.29, 0.717) is 6.61 Å². The number of hydrogen-bond donors (Lipinski definition) is 1. The summed E-state index contributed by atoms with van der Waals surface area (Å²) in [7, 11) is 0. The fourth-order valence-corrected chi connectivity index (χ4v) is 5.84. The Morgan fingerprint density at radius 3 is 2.11 bits per heavy atom. The summed E-state index contributed by atoms with van der Waals surface area (Å²) in [4.78, 5) is 11.0. The van der Waals surface area contributed by atoms with E-state index < -0.39 is 11.1 Å². The van der Waals surface area contributed by atoms with Gasteiger partial charge in [-0.25, -0.2) is 0 Å². The standard InChI is InChI=1S/C32H26N2O3/c1-31-32(20-21-37-31,28-14-8-9-15-30(28)33-31)29(25-12-6-3-7-13-25)22-27(23-10-4-2-5-11-23)24-16-18-26(19-17-24)34(35)36/h2-19,33H,20-21H2,1H3/t22?,31-,32-/m0/s1. The Labute approximate surface area is 215 Å². The zero-order chi connectivity index (χ0) is 25.5. The van der Waals surface area contributed by atoms with Crippen LogP contribution in [0.5, 0.6) is 0 Å². The molecule has 5 heteroatoms. The quantitative estimate of drug-likeness (QED) is 0.184. The largest absolute Gasteiger partial charge is 0.357 e. The molecule has 1 fully saturated rings. The molecule has 4 aromatic rings. The number of non-ortho nitro benzene ring substituents is 1. The van der Waals surface area contributed by atoms with Crippen LogP contribution in [0, 0.1) is 10.1 Å². The van der Waals surface area contributed by atoms with E-state index in [4.69, 9.17) is 4.74 Å². The van der Waals surface area contributed by atoms with E-state index in [1.165, 1.54) is 5.56 Å². The first kappa shape index (κ1) is 23.0. The van der Waals surface area contributed by atoms with Crippen LogP contribution in [0.15, 0.2) is 115 Å². The van der Waals surface area contributed by atoms with Crippen LogP contribution in [0.1, 0.15) is 35.6 Å². The van der Waals surface area contributed by atoms with Gasteiger partial charge in [-0.1, -0.05) is 78.9 Å². The maximum absolute atomic E-state index is 11.3. The first-order valence-electron chi connectivity index (χ1n) is 12.4. The van der Waals surface area contributed by atoms with Crippen molar-refractivity contribution < 1.29 is 9.66 Å². The van der Waals surface area contributed by atoms with E-state index in [1.54, 1.807) is 24.3 Å². The zero-order valence-corrected chi connectivity index (χ0v) is 20.5. The normalized spacial score (nSPS) is 21.3. The average Bonchev–Trinajstić information content (AvgIpc) is 3.39. The third kappa shape index (κ3) is 3.68. The van der Waals surface area contributed by atoms with Crippen LogP contribution in [0.3, 0.4) is 0 Å². The number of nitrogens with one attached hydrogen (secondary N) is 1. The molecule has 4 aromatic carbocycles. The van der Waals surface area contributed by atoms with Gasteiger partial charge in [-0.15, -0.1) is 5.73 Å². The average molecular weight is 487 g/mol. The number of ether oxygens (including phenoxy) is 1. The summed E-state index contributed by atoms with van der Waals surface area (Å²) in [5.41, 5.74) is 9.88. The monoisotopic (exact) mass is 486 g/mol. The molecule has 0 amide bonds. The van der Waals surface area contributed by atoms with Crippen molar-refractivity contribution in [2.24, 2.45) is 0 Å². The molecule has 2 aliphatic rings. The van der Waals surface area contributed by atoms with Gasteiger partial charge in [0.2, 0.25) is 0 Å². The van der Waals surface area contributed by atoms with Crippen LogP contribution < -0.4 is 5.32 Å². The smallest absolute Gasteiger partial charge is 0.269 e. The first-order valence-corrected chi connectivity index (χ1v) is 12.4. The Hall–Kier alpha value is -4.44. The van der Waals surface area contributed by atoms with Gasteiger partial charge in [0, 0.05) is 29.0 Å². The number of nitro benzene ring substituents is 1. The third-order valence-electron chi connectivity index (χ3n) is 7.61. The second-order valence-electron chi connectivity index (χ2n) is 9.62. The molecule has 0 aliphatic carbocycles. The molecule has 0 unspecified atom stereocenters. The number of rotatable bonds is 5. The molecule has 0 spiro atoms. The Morgan fingerprint density at radius 2 is 1.43 bits per heavy atom. The minimum Gasteiger partial charge on any atom is -0.357 e. The zero-order valence-electron chi connectivity index (χ0n) is 20.5. The lowest BCUT2D eigenvalue weighted by atomic mass is 9.66. The second kappa shape index (κ2) is 8.90. The molecule has 6 rings (SSSR count). The minimum atomic E-state index is -0.647. The highest BCUT2D eigenvalue weighted by molar-refractivity contribution is 5.90. The summed E-state index contributed by atoms with van der Waals surface area (Å²) in [6, 6.07) is 35.5. The van der Waals surface area contributed by atoms with E-state index >= 15 is 0 Å². The molecule has 37 heavy (non-hydrogen) atoms. The predicted octanol–water partition coefficient (Wildman–Crippen LogP) is 7.21. The van der Waals surface area contributed by atoms with Crippen LogP contribution in [-0.4, -0.2) is 17.3 Å². The van der Waals surface area contributed by atoms with Crippen LogP contribution in [0.2, 0.25) is 0 Å². The van der Waals surface area contributed by atoms with Gasteiger partial charge < -0.3 is 10.1 Å². The number of anilines is 1. The van der Waals surface area contributed by atoms with Gasteiger partial charge in [-0.05, 0) is 53.8 Å². The molecule has 1 N–H and O–H groups in total. The van der Waals surface area contributed by atoms with E-state index in [1.807, 2.05) is 42.5 Å². The number of fused-ring (bicyclic) bond motifs is 3. The highest BCUT2D eigenvalue weighted by Gasteiger charge is 2.61. The number of para-hydroxylation sites is 1. The van der Waals surface area contributed by atoms with Crippen molar-refractivity contribution in [1.29, 1.82) is 0 Å². The summed E-state index contributed by atoms with van der Waals surface area (Å²) in [5.74, 6) is 0. The molecule has 0 bridgehead atoms. The van der Waals surface area contributed by atoms with Gasteiger partial charge in [0.05, 0.1) is 16.9 Å². The van der Waals surface area contributed by atoms with Crippen molar-refractivity contribution >= 4 is 22.5 Å². The summed E-state index contributed by atoms with van der Waals surface area (Å²) in [6.45, 7) is 2.74. The molecule has 0 aromatic heterocycles. The third-order valence-corrected chi connectivity index (χ3v) is 7.61. The summed E-state index contributed by atoms with van der Waals surface area (Å²) >= 11 is 0. The van der Waals surface area contributed by atoms with Crippen molar-refractivity contribution in [3.63, 3.8) is 0 Å². The first-order chi connectivity index (χ1) is 18.0. The maximum atomic E-state index is 11.3. The SMILES string of the molecule is C[C@@]12Nc3ccccc3[C@]1(C(=C=C(c1ccccc1)c1ccc([N+](=O)[O-])cc1)c1ccccc1)CCO2. The molecule has 1 saturated heterocycles. The fourth-order valence-electron chi connectivity index (χ4n) is 5.84. The lowest BCUT2D eigenvalue weighted by Crippen LogP contribution is -2.47. The molecular formula is C32H26N2O3. The molecule has 0 saturated carbocycles. The lowest BCUT2D eigenvalue weighted by molar-refractivity contribution is -0.384. The molecule has 2 atom stereocenters. The van der Waals surface area contributed by atoms with E-state index in [-0.39, 0.29) is 10.6 Å². The van der Waals surface area contributed by atoms with Gasteiger partial charge in [0.1, 0.15) is 5.72 Å². The number of nitrogens with zero attached hydrogens (tertiary/aromatic N) is 1. The Bertz CT molecular complexity index is 1540. The Balaban J connectivity index is 1.71. The Kier molecular flexibility index (Phi) is 5.53. The van der Waals surface area contributed by atoms with E-state index in [9.17, 15) is 10.1 Å². The molecule has 5 nitrogen and oxygen atoms in total. The topological polar surface area (TPSA) is 64.4 Å². The van der Waals surface area contributed by atoms with E-state index in [2.05, 4.69) is 60.4 Å². The highest BCUT2D eigenvalue weighted by Crippen LogP contribution is 2.60. The number of hydrogen-bond acceptors (Lipinski definition) is 4. The van der Waals surface area contributed by atoms with Crippen molar-refractivity contribution in [2.75, 3.05) is 11.9 Å². The molecule has 0 radical (unpaired) electrons. The highest BCUT2D eigenvalue weighted by atomic mass is 16.6. The van der Waals surface area contributed by atoms with Gasteiger partial charge in [0.25, 0.3) is 5.69 Å². The maximum Gasteiger partial charge on any atom is 0.269 e. The molecular weight excluding hydrogens is 460 g/mol. The van der Waals surface area contributed by atoms with Gasteiger partial charge in [-0.2, -0.15) is 0 Å².